The number of carbonyl (C=O) groups excluding carboxylic acids is 2. The second kappa shape index (κ2) is 11.7. The Hall–Kier alpha value is -4.12. The normalized spacial score (nSPS) is 14.2. The van der Waals surface area contributed by atoms with E-state index < -0.39 is 17.1 Å². The molecule has 1 atom stereocenters. The van der Waals surface area contributed by atoms with Gasteiger partial charge in [-0.3, -0.25) is 9.59 Å². The first kappa shape index (κ1) is 26.0. The zero-order valence-corrected chi connectivity index (χ0v) is 21.4. The monoisotopic (exact) mass is 510 g/mol. The Morgan fingerprint density at radius 2 is 1.78 bits per heavy atom. The molecule has 0 aliphatic heterocycles. The van der Waals surface area contributed by atoms with Crippen molar-refractivity contribution in [3.8, 4) is 6.07 Å². The number of nitrogens with zero attached hydrogens (tertiary/aromatic N) is 1. The zero-order valence-electron chi connectivity index (χ0n) is 20.6. The first-order valence-corrected chi connectivity index (χ1v) is 13.3. The second-order valence-corrected chi connectivity index (χ2v) is 10.0. The highest BCUT2D eigenvalue weighted by Crippen LogP contribution is 2.44. The summed E-state index contributed by atoms with van der Waals surface area (Å²) in [6.07, 6.45) is 3.72. The van der Waals surface area contributed by atoms with Gasteiger partial charge in [-0.15, -0.1) is 0 Å². The van der Waals surface area contributed by atoms with Crippen LogP contribution in [0.2, 0.25) is 0 Å². The van der Waals surface area contributed by atoms with Gasteiger partial charge in [0.25, 0.3) is 0 Å². The Labute approximate surface area is 219 Å². The molecule has 3 aromatic rings. The van der Waals surface area contributed by atoms with E-state index in [0.717, 1.165) is 43.9 Å². The molecular weight excluding hydrogens is 484 g/mol. The molecule has 0 heterocycles. The molecule has 0 spiro atoms. The van der Waals surface area contributed by atoms with Gasteiger partial charge in [0, 0.05) is 0 Å². The summed E-state index contributed by atoms with van der Waals surface area (Å²) >= 11 is -1.06. The van der Waals surface area contributed by atoms with E-state index >= 15 is 0 Å². The molecule has 1 unspecified atom stereocenters. The fourth-order valence-electron chi connectivity index (χ4n) is 4.18. The number of benzene rings is 3. The van der Waals surface area contributed by atoms with E-state index in [1.54, 1.807) is 18.4 Å². The zero-order chi connectivity index (χ0) is 26.4. The fraction of sp³-hybridized carbons (Fsp3) is 0.167. The summed E-state index contributed by atoms with van der Waals surface area (Å²) in [5.74, 6) is -0.825. The van der Waals surface area contributed by atoms with Crippen molar-refractivity contribution in [1.82, 2.24) is 5.32 Å². The number of amides is 1. The SMILES string of the molecule is CC1=C(CC(=O)NCC(=O)OCc2ccccc2)c2cc(C#N)ccc2C1=Cc1ccc([S+](C)[O-])cc1. The smallest absolute Gasteiger partial charge is 0.325 e. The number of fused-ring (bicyclic) bond motifs is 1. The number of hydrogen-bond acceptors (Lipinski definition) is 5. The van der Waals surface area contributed by atoms with E-state index in [1.807, 2.05) is 73.7 Å². The fourth-order valence-corrected chi connectivity index (χ4v) is 4.70. The summed E-state index contributed by atoms with van der Waals surface area (Å²) in [4.78, 5) is 25.6. The minimum atomic E-state index is -1.06. The van der Waals surface area contributed by atoms with Gasteiger partial charge in [-0.05, 0) is 99.5 Å². The van der Waals surface area contributed by atoms with Gasteiger partial charge >= 0.3 is 5.97 Å². The third-order valence-corrected chi connectivity index (χ3v) is 7.09. The largest absolute Gasteiger partial charge is 0.612 e. The molecule has 0 saturated heterocycles. The molecule has 6 nitrogen and oxygen atoms in total. The molecular formula is C30H26N2O4S. The number of carbonyl (C=O) groups is 2. The highest BCUT2D eigenvalue weighted by atomic mass is 32.2. The van der Waals surface area contributed by atoms with Crippen LogP contribution in [0, 0.1) is 11.3 Å². The number of hydrogen-bond donors (Lipinski definition) is 1. The summed E-state index contributed by atoms with van der Waals surface area (Å²) < 4.78 is 16.9. The molecule has 7 heteroatoms. The third kappa shape index (κ3) is 6.36. The highest BCUT2D eigenvalue weighted by Gasteiger charge is 2.26. The van der Waals surface area contributed by atoms with E-state index in [0.29, 0.717) is 5.56 Å². The molecule has 37 heavy (non-hydrogen) atoms. The van der Waals surface area contributed by atoms with Crippen molar-refractivity contribution in [2.75, 3.05) is 12.8 Å². The minimum Gasteiger partial charge on any atom is -0.612 e. The van der Waals surface area contributed by atoms with Crippen molar-refractivity contribution in [2.45, 2.75) is 24.8 Å². The van der Waals surface area contributed by atoms with Gasteiger partial charge in [-0.25, -0.2) is 0 Å². The number of rotatable bonds is 8. The lowest BCUT2D eigenvalue weighted by Crippen LogP contribution is -2.30. The van der Waals surface area contributed by atoms with Gasteiger partial charge in [0.1, 0.15) is 19.4 Å². The molecule has 0 saturated carbocycles. The lowest BCUT2D eigenvalue weighted by atomic mass is 9.99. The summed E-state index contributed by atoms with van der Waals surface area (Å²) in [6, 6.07) is 24.4. The van der Waals surface area contributed by atoms with Crippen molar-refractivity contribution in [3.63, 3.8) is 0 Å². The maximum Gasteiger partial charge on any atom is 0.325 e. The molecule has 3 aromatic carbocycles. The van der Waals surface area contributed by atoms with Gasteiger partial charge < -0.3 is 14.6 Å². The first-order valence-electron chi connectivity index (χ1n) is 11.7. The topological polar surface area (TPSA) is 102 Å². The van der Waals surface area contributed by atoms with Crippen LogP contribution in [0.5, 0.6) is 0 Å². The molecule has 186 valence electrons. The summed E-state index contributed by atoms with van der Waals surface area (Å²) in [6.45, 7) is 1.87. The van der Waals surface area contributed by atoms with Crippen molar-refractivity contribution in [1.29, 1.82) is 5.26 Å². The predicted octanol–water partition coefficient (Wildman–Crippen LogP) is 4.87. The molecule has 1 aliphatic carbocycles. The van der Waals surface area contributed by atoms with Crippen LogP contribution < -0.4 is 5.32 Å². The average molecular weight is 511 g/mol. The highest BCUT2D eigenvalue weighted by molar-refractivity contribution is 7.90. The van der Waals surface area contributed by atoms with Crippen molar-refractivity contribution < 1.29 is 18.9 Å². The van der Waals surface area contributed by atoms with E-state index in [1.165, 1.54) is 0 Å². The minimum absolute atomic E-state index is 0.0603. The van der Waals surface area contributed by atoms with Crippen LogP contribution >= 0.6 is 0 Å². The lowest BCUT2D eigenvalue weighted by Gasteiger charge is -2.09. The summed E-state index contributed by atoms with van der Waals surface area (Å²) in [5.41, 5.74) is 6.76. The van der Waals surface area contributed by atoms with Crippen LogP contribution in [0.3, 0.4) is 0 Å². The van der Waals surface area contributed by atoms with Crippen LogP contribution in [-0.4, -0.2) is 29.2 Å². The molecule has 0 aromatic heterocycles. The van der Waals surface area contributed by atoms with Crippen molar-refractivity contribution in [3.05, 3.63) is 106 Å². The van der Waals surface area contributed by atoms with Crippen LogP contribution in [0.1, 0.15) is 41.2 Å². The Morgan fingerprint density at radius 1 is 1.05 bits per heavy atom. The van der Waals surface area contributed by atoms with Crippen LogP contribution in [0.25, 0.3) is 17.2 Å². The number of nitrogens with one attached hydrogen (secondary N) is 1. The van der Waals surface area contributed by atoms with Crippen LogP contribution in [0.4, 0.5) is 0 Å². The molecule has 0 bridgehead atoms. The Morgan fingerprint density at radius 3 is 2.46 bits per heavy atom. The quantitative estimate of drug-likeness (QED) is 0.344. The van der Waals surface area contributed by atoms with E-state index in [9.17, 15) is 19.4 Å². The molecule has 0 fully saturated rings. The molecule has 1 N–H and O–H groups in total. The summed E-state index contributed by atoms with van der Waals surface area (Å²) in [7, 11) is 0. The standard InChI is InChI=1S/C30H26N2O4S/c1-20-26(14-21-8-11-24(12-9-21)37(2)35)25-13-10-23(17-31)15-28(25)27(20)16-29(33)32-18-30(34)36-19-22-6-4-3-5-7-22/h3-15H,16,18-19H2,1-2H3,(H,32,33). The molecule has 0 radical (unpaired) electrons. The van der Waals surface area contributed by atoms with E-state index in [2.05, 4.69) is 11.4 Å². The Kier molecular flexibility index (Phi) is 8.24. The maximum absolute atomic E-state index is 12.8. The van der Waals surface area contributed by atoms with Crippen LogP contribution in [0.15, 0.2) is 83.3 Å². The first-order chi connectivity index (χ1) is 17.9. The number of allylic oxidation sites excluding steroid dienone is 2. The number of ether oxygens (including phenoxy) is 1. The van der Waals surface area contributed by atoms with Gasteiger partial charge in [0.2, 0.25) is 5.91 Å². The van der Waals surface area contributed by atoms with Gasteiger partial charge in [0.05, 0.1) is 18.1 Å². The Bertz CT molecular complexity index is 1420. The van der Waals surface area contributed by atoms with E-state index in [-0.39, 0.29) is 25.5 Å². The van der Waals surface area contributed by atoms with Crippen LogP contribution in [-0.2, 0) is 32.1 Å². The second-order valence-electron chi connectivity index (χ2n) is 8.66. The predicted molar refractivity (Wildman–Crippen MR) is 144 cm³/mol. The maximum atomic E-state index is 12.8. The number of nitriles is 1. The molecule has 1 amide bonds. The number of esters is 1. The Balaban J connectivity index is 1.50. The van der Waals surface area contributed by atoms with Crippen molar-refractivity contribution >= 4 is 40.3 Å². The molecule has 4 rings (SSSR count). The van der Waals surface area contributed by atoms with Gasteiger partial charge in [-0.2, -0.15) is 5.26 Å². The summed E-state index contributed by atoms with van der Waals surface area (Å²) in [5, 5.41) is 12.1. The van der Waals surface area contributed by atoms with Gasteiger partial charge in [-0.1, -0.05) is 36.4 Å². The average Bonchev–Trinajstić information content (AvgIpc) is 3.16. The molecule has 1 aliphatic rings. The van der Waals surface area contributed by atoms with Crippen molar-refractivity contribution in [2.24, 2.45) is 0 Å². The van der Waals surface area contributed by atoms with Gasteiger partial charge in [0.15, 0.2) is 4.90 Å². The van der Waals surface area contributed by atoms with E-state index in [4.69, 9.17) is 4.74 Å². The lowest BCUT2D eigenvalue weighted by molar-refractivity contribution is -0.145. The third-order valence-electron chi connectivity index (χ3n) is 6.15.